The number of pyridine rings is 1. The first-order valence-electron chi connectivity index (χ1n) is 14.3. The van der Waals surface area contributed by atoms with Gasteiger partial charge in [0.25, 0.3) is 0 Å². The second-order valence-electron chi connectivity index (χ2n) is 10.6. The van der Waals surface area contributed by atoms with Crippen molar-refractivity contribution in [1.82, 2.24) is 20.5 Å². The third kappa shape index (κ3) is 7.58. The second kappa shape index (κ2) is 13.6. The summed E-state index contributed by atoms with van der Waals surface area (Å²) in [6.45, 7) is 5.20. The van der Waals surface area contributed by atoms with Gasteiger partial charge in [0.2, 0.25) is 5.91 Å². The Kier molecular flexibility index (Phi) is 9.28. The smallest absolute Gasteiger partial charge is 0.230 e. The van der Waals surface area contributed by atoms with E-state index in [1.807, 2.05) is 30.3 Å². The molecule has 1 unspecified atom stereocenters. The van der Waals surface area contributed by atoms with E-state index in [-0.39, 0.29) is 28.4 Å². The molecule has 3 N–H and O–H groups in total. The Morgan fingerprint density at radius 1 is 1.02 bits per heavy atom. The number of nitrogens with one attached hydrogen (secondary N) is 3. The van der Waals surface area contributed by atoms with E-state index in [0.29, 0.717) is 11.4 Å². The summed E-state index contributed by atoms with van der Waals surface area (Å²) in [7, 11) is 0. The van der Waals surface area contributed by atoms with Crippen molar-refractivity contribution in [3.05, 3.63) is 113 Å². The van der Waals surface area contributed by atoms with E-state index in [9.17, 15) is 4.79 Å². The number of nitrogens with zero attached hydrogens (tertiary/aromatic N) is 2. The number of halogens is 1. The zero-order valence-electron chi connectivity index (χ0n) is 23.5. The molecule has 1 aromatic heterocycles. The molecule has 6 rings (SSSR count). The fraction of sp³-hybridized carbons (Fsp3) is 0.242. The van der Waals surface area contributed by atoms with Gasteiger partial charge in [-0.05, 0) is 41.0 Å². The highest BCUT2D eigenvalue weighted by Crippen LogP contribution is 2.50. The quantitative estimate of drug-likeness (QED) is 0.213. The first-order chi connectivity index (χ1) is 21.0. The summed E-state index contributed by atoms with van der Waals surface area (Å²) in [6, 6.07) is 24.5. The lowest BCUT2D eigenvalue weighted by Gasteiger charge is -2.27. The van der Waals surface area contributed by atoms with Crippen LogP contribution in [0.3, 0.4) is 0 Å². The van der Waals surface area contributed by atoms with Crippen LogP contribution in [0.25, 0.3) is 0 Å². The average molecular weight is 614 g/mol. The van der Waals surface area contributed by atoms with Gasteiger partial charge in [0.15, 0.2) is 16.7 Å². The Bertz CT molecular complexity index is 1600. The summed E-state index contributed by atoms with van der Waals surface area (Å²) in [5.74, 6) is -0.123. The molecule has 10 heteroatoms. The summed E-state index contributed by atoms with van der Waals surface area (Å²) in [6.07, 6.45) is 2.69. The number of piperazine rings is 1. The Hall–Kier alpha value is -3.83. The molecule has 2 aliphatic rings. The predicted octanol–water partition coefficient (Wildman–Crippen LogP) is 5.86. The van der Waals surface area contributed by atoms with Gasteiger partial charge in [-0.2, -0.15) is 0 Å². The lowest BCUT2D eigenvalue weighted by Crippen LogP contribution is -2.42. The molecule has 0 aliphatic carbocycles. The number of ether oxygens (including phenoxy) is 1. The minimum atomic E-state index is -0.548. The van der Waals surface area contributed by atoms with Crippen LogP contribution in [0.1, 0.15) is 27.6 Å². The number of rotatable bonds is 8. The molecule has 1 fully saturated rings. The number of benzene rings is 3. The molecule has 1 amide bonds. The van der Waals surface area contributed by atoms with E-state index < -0.39 is 5.82 Å². The summed E-state index contributed by atoms with van der Waals surface area (Å²) < 4.78 is 21.2. The molecule has 1 atom stereocenters. The van der Waals surface area contributed by atoms with Crippen LogP contribution in [0.5, 0.6) is 11.5 Å². The minimum Gasteiger partial charge on any atom is -0.453 e. The molecule has 1 saturated heterocycles. The van der Waals surface area contributed by atoms with Gasteiger partial charge in [-0.1, -0.05) is 54.6 Å². The average Bonchev–Trinajstić information content (AvgIpc) is 3.45. The summed E-state index contributed by atoms with van der Waals surface area (Å²) in [4.78, 5) is 20.3. The molecule has 220 valence electrons. The van der Waals surface area contributed by atoms with E-state index in [0.717, 1.165) is 55.3 Å². The van der Waals surface area contributed by atoms with Gasteiger partial charge in [-0.3, -0.25) is 14.7 Å². The van der Waals surface area contributed by atoms with Crippen LogP contribution in [0.15, 0.2) is 90.0 Å². The van der Waals surface area contributed by atoms with Gasteiger partial charge >= 0.3 is 0 Å². The summed E-state index contributed by atoms with van der Waals surface area (Å²) in [5.41, 5.74) is 4.79. The molecule has 0 spiro atoms. The van der Waals surface area contributed by atoms with Gasteiger partial charge in [-0.25, -0.2) is 4.39 Å². The van der Waals surface area contributed by atoms with Crippen molar-refractivity contribution in [2.75, 3.05) is 31.5 Å². The third-order valence-electron chi connectivity index (χ3n) is 7.42. The summed E-state index contributed by atoms with van der Waals surface area (Å²) in [5, 5.41) is 9.21. The fourth-order valence-corrected chi connectivity index (χ4v) is 6.78. The second-order valence-corrected chi connectivity index (χ2v) is 12.2. The van der Waals surface area contributed by atoms with Crippen LogP contribution < -0.4 is 20.7 Å². The maximum Gasteiger partial charge on any atom is 0.230 e. The van der Waals surface area contributed by atoms with Crippen molar-refractivity contribution >= 4 is 40.7 Å². The van der Waals surface area contributed by atoms with Crippen molar-refractivity contribution in [1.29, 1.82) is 0 Å². The van der Waals surface area contributed by atoms with Crippen LogP contribution in [0.4, 0.5) is 10.1 Å². The van der Waals surface area contributed by atoms with E-state index in [1.165, 1.54) is 17.2 Å². The number of aromatic nitrogens is 1. The molecular formula is C33H32FN5O2S2. The van der Waals surface area contributed by atoms with Crippen molar-refractivity contribution in [2.24, 2.45) is 0 Å². The molecule has 43 heavy (non-hydrogen) atoms. The van der Waals surface area contributed by atoms with Gasteiger partial charge in [-0.15, -0.1) is 11.8 Å². The molecule has 3 heterocycles. The molecule has 2 aliphatic heterocycles. The monoisotopic (exact) mass is 613 g/mol. The summed E-state index contributed by atoms with van der Waals surface area (Å²) >= 11 is 6.95. The fourth-order valence-electron chi connectivity index (χ4n) is 5.23. The van der Waals surface area contributed by atoms with Crippen LogP contribution in [-0.4, -0.2) is 47.1 Å². The number of hydrogen-bond donors (Lipinski definition) is 3. The van der Waals surface area contributed by atoms with Crippen LogP contribution in [0, 0.1) is 5.82 Å². The normalized spacial score (nSPS) is 16.3. The maximum atomic E-state index is 15.1. The molecule has 0 bridgehead atoms. The predicted molar refractivity (Wildman–Crippen MR) is 172 cm³/mol. The zero-order valence-corrected chi connectivity index (χ0v) is 25.1. The lowest BCUT2D eigenvalue weighted by atomic mass is 10.0. The van der Waals surface area contributed by atoms with Crippen LogP contribution in [-0.2, 0) is 24.2 Å². The van der Waals surface area contributed by atoms with Crippen LogP contribution in [0.2, 0.25) is 0 Å². The van der Waals surface area contributed by atoms with Gasteiger partial charge in [0.05, 0.1) is 17.0 Å². The number of carbonyl (C=O) groups is 1. The Morgan fingerprint density at radius 3 is 2.58 bits per heavy atom. The molecule has 0 saturated carbocycles. The number of fused-ring (bicyclic) bond motifs is 1. The number of thiocarbonyl (C=S) groups is 1. The first kappa shape index (κ1) is 29.3. The van der Waals surface area contributed by atoms with Crippen molar-refractivity contribution < 1.29 is 13.9 Å². The van der Waals surface area contributed by atoms with E-state index in [2.05, 4.69) is 50.1 Å². The van der Waals surface area contributed by atoms with E-state index >= 15 is 4.39 Å². The first-order valence-corrected chi connectivity index (χ1v) is 15.6. The molecule has 7 nitrogen and oxygen atoms in total. The van der Waals surface area contributed by atoms with E-state index in [1.54, 1.807) is 36.2 Å². The number of amides is 1. The number of carbonyl (C=O) groups excluding carboxylic acids is 1. The Labute approximate surface area is 260 Å². The largest absolute Gasteiger partial charge is 0.453 e. The SMILES string of the molecule is O=C(Cc1ccccc1)NC(=S)Nc1ccc(Oc2ccnc3c2SC(c2ccc(CN4CCNCC4)cc2)C3)c(F)c1. The standard InChI is InChI=1S/C33H32FN5O2S2/c34-26-19-25(37-33(42)38-31(40)18-22-4-2-1-3-5-22)10-11-28(26)41-29-12-13-36-27-20-30(43-32(27)29)24-8-6-23(7-9-24)21-39-16-14-35-15-17-39/h1-13,19,30,35H,14-18,20-21H2,(H2,37,38,40,42). The lowest BCUT2D eigenvalue weighted by molar-refractivity contribution is -0.119. The Balaban J connectivity index is 1.06. The Morgan fingerprint density at radius 2 is 1.81 bits per heavy atom. The van der Waals surface area contributed by atoms with Crippen LogP contribution >= 0.6 is 24.0 Å². The van der Waals surface area contributed by atoms with Gasteiger partial charge < -0.3 is 20.7 Å². The number of hydrogen-bond acceptors (Lipinski definition) is 7. The third-order valence-corrected chi connectivity index (χ3v) is 9.02. The molecule has 4 aromatic rings. The van der Waals surface area contributed by atoms with E-state index in [4.69, 9.17) is 17.0 Å². The highest BCUT2D eigenvalue weighted by molar-refractivity contribution is 8.00. The molecule has 0 radical (unpaired) electrons. The highest BCUT2D eigenvalue weighted by atomic mass is 32.2. The maximum absolute atomic E-state index is 15.1. The van der Waals surface area contributed by atoms with Crippen molar-refractivity contribution in [3.63, 3.8) is 0 Å². The minimum absolute atomic E-state index is 0.0966. The van der Waals surface area contributed by atoms with Crippen molar-refractivity contribution in [2.45, 2.75) is 29.5 Å². The molecule has 3 aromatic carbocycles. The molecular weight excluding hydrogens is 582 g/mol. The highest BCUT2D eigenvalue weighted by Gasteiger charge is 2.28. The van der Waals surface area contributed by atoms with Crippen molar-refractivity contribution in [3.8, 4) is 11.5 Å². The zero-order chi connectivity index (χ0) is 29.6. The number of anilines is 1. The van der Waals surface area contributed by atoms with Gasteiger partial charge in [0.1, 0.15) is 5.75 Å². The topological polar surface area (TPSA) is 78.5 Å². The number of thioether (sulfide) groups is 1. The van der Waals surface area contributed by atoms with Gasteiger partial charge in [0, 0.05) is 68.4 Å².